The number of aliphatic imine (C=N–C) groups is 1. The molecule has 3 rings (SSSR count). The molecule has 0 aliphatic carbocycles. The number of nitrogens with zero attached hydrogens (tertiary/aromatic N) is 2. The summed E-state index contributed by atoms with van der Waals surface area (Å²) in [6, 6.07) is 13.7. The third-order valence-electron chi connectivity index (χ3n) is 4.59. The average molecular weight is 433 g/mol. The van der Waals surface area contributed by atoms with Crippen LogP contribution in [-0.2, 0) is 13.1 Å². The van der Waals surface area contributed by atoms with Gasteiger partial charge in [0.05, 0.1) is 25.9 Å². The van der Waals surface area contributed by atoms with E-state index >= 15 is 0 Å². The number of methoxy groups -OCH3 is 1. The fourth-order valence-electron chi connectivity index (χ4n) is 2.95. The molecule has 0 spiro atoms. The third kappa shape index (κ3) is 6.29. The molecular formula is C25H28N4O3. The number of terminal acetylenes is 1. The van der Waals surface area contributed by atoms with E-state index in [4.69, 9.17) is 20.3 Å². The lowest BCUT2D eigenvalue weighted by atomic mass is 10.1. The highest BCUT2D eigenvalue weighted by Gasteiger charge is 2.08. The zero-order chi connectivity index (χ0) is 22.8. The molecule has 0 fully saturated rings. The maximum Gasteiger partial charge on any atom is 0.226 e. The summed E-state index contributed by atoms with van der Waals surface area (Å²) in [5.41, 5.74) is 3.91. The van der Waals surface area contributed by atoms with E-state index in [1.54, 1.807) is 13.4 Å². The molecule has 1 aromatic heterocycles. The van der Waals surface area contributed by atoms with E-state index in [-0.39, 0.29) is 6.61 Å². The number of oxazole rings is 1. The van der Waals surface area contributed by atoms with Crippen molar-refractivity contribution >= 4 is 5.96 Å². The van der Waals surface area contributed by atoms with Crippen LogP contribution in [-0.4, -0.2) is 31.2 Å². The molecule has 0 saturated heterocycles. The Kier molecular flexibility index (Phi) is 8.15. The first-order valence-corrected chi connectivity index (χ1v) is 10.4. The molecule has 3 aromatic rings. The Balaban J connectivity index is 1.64. The van der Waals surface area contributed by atoms with Crippen molar-refractivity contribution in [2.45, 2.75) is 26.9 Å². The first-order chi connectivity index (χ1) is 15.6. The predicted octanol–water partition coefficient (Wildman–Crippen LogP) is 3.93. The molecule has 166 valence electrons. The largest absolute Gasteiger partial charge is 0.493 e. The van der Waals surface area contributed by atoms with Crippen LogP contribution in [0.5, 0.6) is 11.5 Å². The lowest BCUT2D eigenvalue weighted by Crippen LogP contribution is -2.36. The summed E-state index contributed by atoms with van der Waals surface area (Å²) in [6.07, 6.45) is 6.95. The summed E-state index contributed by atoms with van der Waals surface area (Å²) >= 11 is 0. The van der Waals surface area contributed by atoms with Crippen molar-refractivity contribution in [2.24, 2.45) is 4.99 Å². The number of aromatic nitrogens is 1. The molecule has 0 atom stereocenters. The molecule has 0 amide bonds. The smallest absolute Gasteiger partial charge is 0.226 e. The molecular weight excluding hydrogens is 404 g/mol. The molecule has 0 unspecified atom stereocenters. The second-order valence-corrected chi connectivity index (χ2v) is 7.04. The lowest BCUT2D eigenvalue weighted by molar-refractivity contribution is 0.330. The van der Waals surface area contributed by atoms with Crippen molar-refractivity contribution in [3.05, 3.63) is 65.5 Å². The quantitative estimate of drug-likeness (QED) is 0.303. The Morgan fingerprint density at radius 2 is 1.97 bits per heavy atom. The van der Waals surface area contributed by atoms with Gasteiger partial charge in [0.1, 0.15) is 12.9 Å². The molecule has 0 aliphatic rings. The van der Waals surface area contributed by atoms with Gasteiger partial charge in [-0.15, -0.1) is 6.42 Å². The van der Waals surface area contributed by atoms with Gasteiger partial charge in [-0.2, -0.15) is 0 Å². The topological polar surface area (TPSA) is 80.9 Å². The molecule has 1 heterocycles. The maximum absolute atomic E-state index is 5.63. The summed E-state index contributed by atoms with van der Waals surface area (Å²) in [5, 5.41) is 6.52. The Morgan fingerprint density at radius 1 is 1.16 bits per heavy atom. The van der Waals surface area contributed by atoms with Gasteiger partial charge in [0.15, 0.2) is 17.5 Å². The molecule has 0 saturated carbocycles. The fraction of sp³-hybridized carbons (Fsp3) is 0.280. The summed E-state index contributed by atoms with van der Waals surface area (Å²) in [7, 11) is 1.59. The second-order valence-electron chi connectivity index (χ2n) is 7.04. The maximum atomic E-state index is 5.63. The number of nitrogens with one attached hydrogen (secondary N) is 2. The highest BCUT2D eigenvalue weighted by Crippen LogP contribution is 2.28. The fourth-order valence-corrected chi connectivity index (χ4v) is 2.95. The van der Waals surface area contributed by atoms with Crippen molar-refractivity contribution in [2.75, 3.05) is 20.3 Å². The third-order valence-corrected chi connectivity index (χ3v) is 4.59. The van der Waals surface area contributed by atoms with Crippen molar-refractivity contribution < 1.29 is 13.9 Å². The Labute approximate surface area is 188 Å². The second kappa shape index (κ2) is 11.5. The molecule has 7 heteroatoms. The predicted molar refractivity (Wildman–Crippen MR) is 126 cm³/mol. The van der Waals surface area contributed by atoms with E-state index in [1.165, 1.54) is 5.56 Å². The van der Waals surface area contributed by atoms with Crippen LogP contribution in [0.4, 0.5) is 0 Å². The lowest BCUT2D eigenvalue weighted by Gasteiger charge is -2.12. The minimum absolute atomic E-state index is 0.176. The molecule has 0 radical (unpaired) electrons. The molecule has 7 nitrogen and oxygen atoms in total. The first-order valence-electron chi connectivity index (χ1n) is 10.4. The van der Waals surface area contributed by atoms with Gasteiger partial charge in [0, 0.05) is 12.1 Å². The number of benzene rings is 2. The van der Waals surface area contributed by atoms with E-state index in [9.17, 15) is 0 Å². The van der Waals surface area contributed by atoms with Crippen LogP contribution in [0.15, 0.2) is 58.1 Å². The van der Waals surface area contributed by atoms with E-state index in [0.29, 0.717) is 36.4 Å². The number of aryl methyl sites for hydroxylation is 1. The van der Waals surface area contributed by atoms with Gasteiger partial charge in [-0.3, -0.25) is 0 Å². The summed E-state index contributed by atoms with van der Waals surface area (Å²) in [6.45, 7) is 5.92. The van der Waals surface area contributed by atoms with Crippen molar-refractivity contribution in [3.63, 3.8) is 0 Å². The minimum Gasteiger partial charge on any atom is -0.493 e. The number of hydrogen-bond donors (Lipinski definition) is 2. The summed E-state index contributed by atoms with van der Waals surface area (Å²) in [4.78, 5) is 9.21. The van der Waals surface area contributed by atoms with E-state index in [2.05, 4.69) is 26.5 Å². The summed E-state index contributed by atoms with van der Waals surface area (Å²) < 4.78 is 16.5. The number of guanidine groups is 1. The van der Waals surface area contributed by atoms with Gasteiger partial charge in [-0.05, 0) is 43.7 Å². The van der Waals surface area contributed by atoms with Gasteiger partial charge in [-0.25, -0.2) is 9.98 Å². The van der Waals surface area contributed by atoms with E-state index < -0.39 is 0 Å². The van der Waals surface area contributed by atoms with Gasteiger partial charge in [0.25, 0.3) is 0 Å². The number of hydrogen-bond acceptors (Lipinski definition) is 5. The van der Waals surface area contributed by atoms with Gasteiger partial charge in [-0.1, -0.05) is 29.7 Å². The zero-order valence-electron chi connectivity index (χ0n) is 18.6. The number of ether oxygens (including phenoxy) is 2. The highest BCUT2D eigenvalue weighted by molar-refractivity contribution is 5.79. The Bertz CT molecular complexity index is 1080. The minimum atomic E-state index is 0.176. The Hall–Kier alpha value is -3.92. The monoisotopic (exact) mass is 432 g/mol. The van der Waals surface area contributed by atoms with Crippen LogP contribution in [0.2, 0.25) is 0 Å². The first kappa shape index (κ1) is 22.8. The van der Waals surface area contributed by atoms with Crippen LogP contribution in [0, 0.1) is 19.3 Å². The van der Waals surface area contributed by atoms with Gasteiger partial charge in [0.2, 0.25) is 5.89 Å². The molecule has 0 bridgehead atoms. The standard InChI is InChI=1S/C25H28N4O3/c1-5-13-31-23-14-19(9-12-22(23)30-4)15-27-25(26-6-2)28-16-21-17-32-24(29-21)20-10-7-18(3)8-11-20/h1,7-12,14,17H,6,13,15-16H2,2-4H3,(H2,26,27,28). The van der Waals surface area contributed by atoms with Crippen LogP contribution in [0.1, 0.15) is 23.7 Å². The van der Waals surface area contributed by atoms with Crippen LogP contribution in [0.3, 0.4) is 0 Å². The molecule has 32 heavy (non-hydrogen) atoms. The van der Waals surface area contributed by atoms with E-state index in [0.717, 1.165) is 23.4 Å². The van der Waals surface area contributed by atoms with E-state index in [1.807, 2.05) is 56.3 Å². The molecule has 2 aromatic carbocycles. The SMILES string of the molecule is C#CCOc1cc(CN=C(NCC)NCc2coc(-c3ccc(C)cc3)n2)ccc1OC. The van der Waals surface area contributed by atoms with Crippen molar-refractivity contribution in [3.8, 4) is 35.3 Å². The van der Waals surface area contributed by atoms with Crippen molar-refractivity contribution in [1.29, 1.82) is 0 Å². The zero-order valence-corrected chi connectivity index (χ0v) is 18.6. The van der Waals surface area contributed by atoms with Gasteiger partial charge >= 0.3 is 0 Å². The highest BCUT2D eigenvalue weighted by atomic mass is 16.5. The Morgan fingerprint density at radius 3 is 2.69 bits per heavy atom. The molecule has 0 aliphatic heterocycles. The van der Waals surface area contributed by atoms with Crippen LogP contribution < -0.4 is 20.1 Å². The number of rotatable bonds is 9. The molecule has 2 N–H and O–H groups in total. The van der Waals surface area contributed by atoms with Gasteiger partial charge < -0.3 is 24.5 Å². The normalized spacial score (nSPS) is 11.0. The summed E-state index contributed by atoms with van der Waals surface area (Å²) in [5.74, 6) is 4.97. The van der Waals surface area contributed by atoms with Crippen LogP contribution >= 0.6 is 0 Å². The van der Waals surface area contributed by atoms with Crippen molar-refractivity contribution in [1.82, 2.24) is 15.6 Å². The average Bonchev–Trinajstić information content (AvgIpc) is 3.29. The van der Waals surface area contributed by atoms with Crippen LogP contribution in [0.25, 0.3) is 11.5 Å².